The molecule has 1 aliphatic heterocycles. The molecule has 0 radical (unpaired) electrons. The fourth-order valence-corrected chi connectivity index (χ4v) is 4.50. The third-order valence-electron chi connectivity index (χ3n) is 6.59. The maximum Gasteiger partial charge on any atom is 0.243 e. The number of anilines is 2. The Morgan fingerprint density at radius 3 is 2.68 bits per heavy atom. The highest BCUT2D eigenvalue weighted by molar-refractivity contribution is 5.81. The van der Waals surface area contributed by atoms with Gasteiger partial charge in [-0.1, -0.05) is 12.1 Å². The summed E-state index contributed by atoms with van der Waals surface area (Å²) in [6.45, 7) is 0.801. The predicted octanol–water partition coefficient (Wildman–Crippen LogP) is 3.89. The lowest BCUT2D eigenvalue weighted by molar-refractivity contribution is 0.0880. The van der Waals surface area contributed by atoms with Crippen LogP contribution in [0.5, 0.6) is 0 Å². The van der Waals surface area contributed by atoms with E-state index in [2.05, 4.69) is 26.5 Å². The maximum absolute atomic E-state index is 13.1. The zero-order valence-corrected chi connectivity index (χ0v) is 17.2. The SMILES string of the molecule is CNc1nc(N2CC[C@H](C(F)F)C2)cc(-n2ncc3ccc(C4(C#N)CCC4)cc32)n1. The third-order valence-corrected chi connectivity index (χ3v) is 6.59. The van der Waals surface area contributed by atoms with Gasteiger partial charge in [-0.25, -0.2) is 13.5 Å². The van der Waals surface area contributed by atoms with E-state index in [0.29, 0.717) is 30.5 Å². The van der Waals surface area contributed by atoms with Gasteiger partial charge in [0, 0.05) is 37.5 Å². The first kappa shape index (κ1) is 19.7. The molecule has 0 amide bonds. The Kier molecular flexibility index (Phi) is 4.73. The molecular formula is C22H23F2N7. The number of hydrogen-bond donors (Lipinski definition) is 1. The van der Waals surface area contributed by atoms with Crippen molar-refractivity contribution in [3.8, 4) is 11.9 Å². The van der Waals surface area contributed by atoms with Gasteiger partial charge in [0.05, 0.1) is 23.2 Å². The molecular weight excluding hydrogens is 400 g/mol. The Morgan fingerprint density at radius 2 is 2.03 bits per heavy atom. The highest BCUT2D eigenvalue weighted by Crippen LogP contribution is 2.44. The van der Waals surface area contributed by atoms with Gasteiger partial charge in [-0.3, -0.25) is 0 Å². The highest BCUT2D eigenvalue weighted by atomic mass is 19.3. The van der Waals surface area contributed by atoms with Crippen LogP contribution in [0.1, 0.15) is 31.2 Å². The van der Waals surface area contributed by atoms with Crippen LogP contribution in [0, 0.1) is 17.2 Å². The predicted molar refractivity (Wildman–Crippen MR) is 114 cm³/mol. The van der Waals surface area contributed by atoms with Crippen molar-refractivity contribution in [2.24, 2.45) is 5.92 Å². The normalized spacial score (nSPS) is 20.1. The van der Waals surface area contributed by atoms with Crippen molar-refractivity contribution in [1.82, 2.24) is 19.7 Å². The van der Waals surface area contributed by atoms with Crippen molar-refractivity contribution in [1.29, 1.82) is 5.26 Å². The van der Waals surface area contributed by atoms with Gasteiger partial charge in [0.15, 0.2) is 5.82 Å². The summed E-state index contributed by atoms with van der Waals surface area (Å²) in [6, 6.07) is 10.3. The van der Waals surface area contributed by atoms with Crippen LogP contribution in [-0.2, 0) is 5.41 Å². The monoisotopic (exact) mass is 423 g/mol. The van der Waals surface area contributed by atoms with Gasteiger partial charge in [-0.2, -0.15) is 20.3 Å². The molecule has 5 rings (SSSR count). The number of alkyl halides is 2. The van der Waals surface area contributed by atoms with Crippen LogP contribution in [0.4, 0.5) is 20.5 Å². The fourth-order valence-electron chi connectivity index (χ4n) is 4.50. The highest BCUT2D eigenvalue weighted by Gasteiger charge is 2.39. The lowest BCUT2D eigenvalue weighted by atomic mass is 9.65. The maximum atomic E-state index is 13.1. The van der Waals surface area contributed by atoms with Crippen molar-refractivity contribution >= 4 is 22.7 Å². The van der Waals surface area contributed by atoms with Crippen LogP contribution in [0.3, 0.4) is 0 Å². The molecule has 1 aromatic carbocycles. The van der Waals surface area contributed by atoms with E-state index >= 15 is 0 Å². The number of halogens is 2. The quantitative estimate of drug-likeness (QED) is 0.670. The molecule has 3 aromatic rings. The summed E-state index contributed by atoms with van der Waals surface area (Å²) in [5.41, 5.74) is 1.44. The van der Waals surface area contributed by atoms with Crippen molar-refractivity contribution < 1.29 is 8.78 Å². The van der Waals surface area contributed by atoms with Crippen molar-refractivity contribution in [2.75, 3.05) is 30.4 Å². The van der Waals surface area contributed by atoms with Crippen LogP contribution in [-0.4, -0.2) is 46.3 Å². The fraction of sp³-hybridized carbons (Fsp3) is 0.455. The van der Waals surface area contributed by atoms with Crippen LogP contribution >= 0.6 is 0 Å². The molecule has 1 saturated carbocycles. The van der Waals surface area contributed by atoms with Crippen LogP contribution in [0.25, 0.3) is 16.7 Å². The molecule has 31 heavy (non-hydrogen) atoms. The van der Waals surface area contributed by atoms with Gasteiger partial charge in [-0.05, 0) is 37.3 Å². The first-order chi connectivity index (χ1) is 15.0. The molecule has 7 nitrogen and oxygen atoms in total. The molecule has 0 unspecified atom stereocenters. The van der Waals surface area contributed by atoms with Crippen LogP contribution < -0.4 is 10.2 Å². The van der Waals surface area contributed by atoms with E-state index in [1.165, 1.54) is 0 Å². The second kappa shape index (κ2) is 7.45. The minimum Gasteiger partial charge on any atom is -0.357 e. The van der Waals surface area contributed by atoms with Gasteiger partial charge in [0.2, 0.25) is 12.4 Å². The second-order valence-corrected chi connectivity index (χ2v) is 8.36. The van der Waals surface area contributed by atoms with Gasteiger partial charge in [0.1, 0.15) is 5.82 Å². The molecule has 160 valence electrons. The Balaban J connectivity index is 1.56. The molecule has 1 aliphatic carbocycles. The van der Waals surface area contributed by atoms with Crippen LogP contribution in [0.15, 0.2) is 30.5 Å². The summed E-state index contributed by atoms with van der Waals surface area (Å²) in [4.78, 5) is 10.9. The minimum atomic E-state index is -2.33. The molecule has 1 N–H and O–H groups in total. The zero-order valence-electron chi connectivity index (χ0n) is 17.2. The van der Waals surface area contributed by atoms with E-state index in [4.69, 9.17) is 0 Å². The van der Waals surface area contributed by atoms with Gasteiger partial charge in [0.25, 0.3) is 0 Å². The lowest BCUT2D eigenvalue weighted by Crippen LogP contribution is -2.32. The first-order valence-electron chi connectivity index (χ1n) is 10.5. The molecule has 2 aliphatic rings. The Hall–Kier alpha value is -3.28. The summed E-state index contributed by atoms with van der Waals surface area (Å²) >= 11 is 0. The molecule has 2 aromatic heterocycles. The minimum absolute atomic E-state index is 0.270. The number of nitrogens with one attached hydrogen (secondary N) is 1. The van der Waals surface area contributed by atoms with E-state index in [1.807, 2.05) is 23.1 Å². The van der Waals surface area contributed by atoms with E-state index < -0.39 is 17.8 Å². The molecule has 9 heteroatoms. The molecule has 1 saturated heterocycles. The largest absolute Gasteiger partial charge is 0.357 e. The molecule has 3 heterocycles. The van der Waals surface area contributed by atoms with E-state index in [1.54, 1.807) is 24.0 Å². The van der Waals surface area contributed by atoms with Crippen molar-refractivity contribution in [3.05, 3.63) is 36.0 Å². The average molecular weight is 423 g/mol. The number of rotatable bonds is 5. The van der Waals surface area contributed by atoms with Gasteiger partial charge >= 0.3 is 0 Å². The Labute approximate surface area is 178 Å². The van der Waals surface area contributed by atoms with E-state index in [0.717, 1.165) is 35.7 Å². The smallest absolute Gasteiger partial charge is 0.243 e. The zero-order chi connectivity index (χ0) is 21.6. The third kappa shape index (κ3) is 3.26. The van der Waals surface area contributed by atoms with Crippen molar-refractivity contribution in [3.63, 3.8) is 0 Å². The number of aromatic nitrogens is 4. The van der Waals surface area contributed by atoms with E-state index in [-0.39, 0.29) is 6.54 Å². The Morgan fingerprint density at radius 1 is 1.23 bits per heavy atom. The number of nitrogens with zero attached hydrogens (tertiary/aromatic N) is 6. The van der Waals surface area contributed by atoms with Crippen LogP contribution in [0.2, 0.25) is 0 Å². The Bertz CT molecular complexity index is 1160. The van der Waals surface area contributed by atoms with Crippen molar-refractivity contribution in [2.45, 2.75) is 37.5 Å². The standard InChI is InChI=1S/C22H23F2N7/c1-26-21-28-18(30-8-5-15(12-30)20(23)24)10-19(29-21)31-17-9-16(4-3-14(17)11-27-31)22(13-25)6-2-7-22/h3-4,9-11,15,20H,2,5-8,12H2,1H3,(H,26,28,29)/t15-/m0/s1. The lowest BCUT2D eigenvalue weighted by Gasteiger charge is -2.35. The summed E-state index contributed by atoms with van der Waals surface area (Å²) in [5.74, 6) is 0.917. The molecule has 0 spiro atoms. The van der Waals surface area contributed by atoms with E-state index in [9.17, 15) is 14.0 Å². The first-order valence-corrected chi connectivity index (χ1v) is 10.5. The molecule has 2 fully saturated rings. The topological polar surface area (TPSA) is 82.7 Å². The summed E-state index contributed by atoms with van der Waals surface area (Å²) in [7, 11) is 1.72. The van der Waals surface area contributed by atoms with Gasteiger partial charge in [-0.15, -0.1) is 0 Å². The average Bonchev–Trinajstić information content (AvgIpc) is 3.40. The summed E-state index contributed by atoms with van der Waals surface area (Å²) in [6.07, 6.45) is 2.66. The molecule has 1 atom stereocenters. The number of hydrogen-bond acceptors (Lipinski definition) is 6. The summed E-state index contributed by atoms with van der Waals surface area (Å²) in [5, 5.41) is 18.1. The number of benzene rings is 1. The molecule has 0 bridgehead atoms. The van der Waals surface area contributed by atoms with Gasteiger partial charge < -0.3 is 10.2 Å². The summed E-state index contributed by atoms with van der Waals surface area (Å²) < 4.78 is 28.0. The number of fused-ring (bicyclic) bond motifs is 1. The number of nitriles is 1. The second-order valence-electron chi connectivity index (χ2n) is 8.36.